The van der Waals surface area contributed by atoms with Gasteiger partial charge in [-0.25, -0.2) is 18.4 Å². The highest BCUT2D eigenvalue weighted by Crippen LogP contribution is 2.22. The van der Waals surface area contributed by atoms with Gasteiger partial charge < -0.3 is 5.32 Å². The Kier molecular flexibility index (Phi) is 5.83. The van der Waals surface area contributed by atoms with Gasteiger partial charge in [0.05, 0.1) is 0 Å². The van der Waals surface area contributed by atoms with Crippen LogP contribution in [0.3, 0.4) is 0 Å². The summed E-state index contributed by atoms with van der Waals surface area (Å²) in [6.07, 6.45) is 3.42. The molecule has 3 aromatic heterocycles. The summed E-state index contributed by atoms with van der Waals surface area (Å²) in [4.78, 5) is 13.2. The van der Waals surface area contributed by atoms with Gasteiger partial charge in [-0.15, -0.1) is 11.3 Å². The van der Waals surface area contributed by atoms with Crippen molar-refractivity contribution in [3.63, 3.8) is 0 Å². The van der Waals surface area contributed by atoms with E-state index in [9.17, 15) is 8.42 Å². The van der Waals surface area contributed by atoms with Crippen LogP contribution >= 0.6 is 11.3 Å². The normalized spacial score (nSPS) is 11.7. The van der Waals surface area contributed by atoms with E-state index in [2.05, 4.69) is 20.3 Å². The first-order chi connectivity index (χ1) is 12.9. The van der Waals surface area contributed by atoms with Gasteiger partial charge >= 0.3 is 0 Å². The molecule has 27 heavy (non-hydrogen) atoms. The second-order valence-electron chi connectivity index (χ2n) is 6.03. The number of thiophene rings is 1. The van der Waals surface area contributed by atoms with Gasteiger partial charge in [0.2, 0.25) is 0 Å². The SMILES string of the molecule is Cc1nc(-c2cccnc2)nc(NCCN(C)S(=O)(=O)c2cccs2)c1C. The second kappa shape index (κ2) is 8.12. The average molecular weight is 404 g/mol. The summed E-state index contributed by atoms with van der Waals surface area (Å²) in [7, 11) is -1.87. The maximum atomic E-state index is 12.5. The Hall–Kier alpha value is -2.36. The molecule has 0 atom stereocenters. The number of nitrogens with one attached hydrogen (secondary N) is 1. The minimum absolute atomic E-state index is 0.324. The summed E-state index contributed by atoms with van der Waals surface area (Å²) in [5.74, 6) is 1.29. The number of hydrogen-bond acceptors (Lipinski definition) is 7. The van der Waals surface area contributed by atoms with Crippen LogP contribution in [-0.2, 0) is 10.0 Å². The monoisotopic (exact) mass is 403 g/mol. The van der Waals surface area contributed by atoms with Crippen LogP contribution < -0.4 is 5.32 Å². The third-order valence-corrected chi connectivity index (χ3v) is 7.42. The minimum Gasteiger partial charge on any atom is -0.368 e. The van der Waals surface area contributed by atoms with E-state index in [0.29, 0.717) is 28.9 Å². The van der Waals surface area contributed by atoms with E-state index in [4.69, 9.17) is 0 Å². The first-order valence-corrected chi connectivity index (χ1v) is 10.7. The number of pyridine rings is 1. The highest BCUT2D eigenvalue weighted by molar-refractivity contribution is 7.91. The molecule has 0 spiro atoms. The van der Waals surface area contributed by atoms with Crippen molar-refractivity contribution in [3.8, 4) is 11.4 Å². The predicted molar refractivity (Wildman–Crippen MR) is 107 cm³/mol. The molecule has 0 aliphatic carbocycles. The minimum atomic E-state index is -3.45. The zero-order chi connectivity index (χ0) is 19.4. The predicted octanol–water partition coefficient (Wildman–Crippen LogP) is 2.95. The molecule has 142 valence electrons. The van der Waals surface area contributed by atoms with Gasteiger partial charge in [0.15, 0.2) is 5.82 Å². The lowest BCUT2D eigenvalue weighted by Crippen LogP contribution is -2.31. The number of likely N-dealkylation sites (N-methyl/N-ethyl adjacent to an activating group) is 1. The Labute approximate surface area is 163 Å². The summed E-state index contributed by atoms with van der Waals surface area (Å²) in [6.45, 7) is 4.63. The standard InChI is InChI=1S/C18H21N5O2S2/c1-13-14(2)21-18(15-6-4-8-19-12-15)22-17(13)20-9-10-23(3)27(24,25)16-7-5-11-26-16/h4-8,11-12H,9-10H2,1-3H3,(H,20,21,22). The molecule has 0 radical (unpaired) electrons. The van der Waals surface area contributed by atoms with Gasteiger partial charge in [0.1, 0.15) is 10.0 Å². The highest BCUT2D eigenvalue weighted by Gasteiger charge is 2.21. The van der Waals surface area contributed by atoms with Crippen molar-refractivity contribution in [3.05, 3.63) is 53.3 Å². The summed E-state index contributed by atoms with van der Waals surface area (Å²) in [6, 6.07) is 7.09. The zero-order valence-corrected chi connectivity index (χ0v) is 17.0. The molecule has 0 bridgehead atoms. The fraction of sp³-hybridized carbons (Fsp3) is 0.278. The van der Waals surface area contributed by atoms with Crippen LogP contribution in [0.15, 0.2) is 46.2 Å². The van der Waals surface area contributed by atoms with Crippen molar-refractivity contribution < 1.29 is 8.42 Å². The van der Waals surface area contributed by atoms with E-state index >= 15 is 0 Å². The average Bonchev–Trinajstić information content (AvgIpc) is 3.21. The van der Waals surface area contributed by atoms with Crippen LogP contribution in [0.2, 0.25) is 0 Å². The first kappa shape index (κ1) is 19.4. The number of aromatic nitrogens is 3. The molecular formula is C18H21N5O2S2. The van der Waals surface area contributed by atoms with Crippen LogP contribution in [0.25, 0.3) is 11.4 Å². The lowest BCUT2D eigenvalue weighted by Gasteiger charge is -2.17. The molecule has 0 fully saturated rings. The van der Waals surface area contributed by atoms with E-state index in [1.54, 1.807) is 37.0 Å². The third-order valence-electron chi connectivity index (χ3n) is 4.19. The van der Waals surface area contributed by atoms with Crippen LogP contribution in [-0.4, -0.2) is 47.8 Å². The van der Waals surface area contributed by atoms with Crippen molar-refractivity contribution in [1.29, 1.82) is 0 Å². The van der Waals surface area contributed by atoms with Crippen molar-refractivity contribution in [1.82, 2.24) is 19.3 Å². The van der Waals surface area contributed by atoms with Crippen LogP contribution in [0.5, 0.6) is 0 Å². The lowest BCUT2D eigenvalue weighted by atomic mass is 10.2. The summed E-state index contributed by atoms with van der Waals surface area (Å²) >= 11 is 1.22. The Morgan fingerprint density at radius 2 is 2.00 bits per heavy atom. The van der Waals surface area contributed by atoms with Crippen LogP contribution in [0, 0.1) is 13.8 Å². The largest absolute Gasteiger partial charge is 0.368 e. The summed E-state index contributed by atoms with van der Waals surface area (Å²) in [5, 5.41) is 4.99. The molecule has 0 aliphatic rings. The first-order valence-electron chi connectivity index (χ1n) is 8.39. The number of nitrogens with zero attached hydrogens (tertiary/aromatic N) is 4. The maximum Gasteiger partial charge on any atom is 0.252 e. The molecule has 3 rings (SSSR count). The third kappa shape index (κ3) is 4.32. The van der Waals surface area contributed by atoms with Crippen LogP contribution in [0.1, 0.15) is 11.3 Å². The maximum absolute atomic E-state index is 12.5. The topological polar surface area (TPSA) is 88.1 Å². The van der Waals surface area contributed by atoms with Crippen LogP contribution in [0.4, 0.5) is 5.82 Å². The zero-order valence-electron chi connectivity index (χ0n) is 15.4. The fourth-order valence-corrected chi connectivity index (χ4v) is 4.81. The van der Waals surface area contributed by atoms with E-state index in [0.717, 1.165) is 16.8 Å². The van der Waals surface area contributed by atoms with Crippen molar-refractivity contribution >= 4 is 27.2 Å². The highest BCUT2D eigenvalue weighted by atomic mass is 32.2. The molecule has 0 aliphatic heterocycles. The van der Waals surface area contributed by atoms with Gasteiger partial charge in [0, 0.05) is 49.4 Å². The Morgan fingerprint density at radius 1 is 1.19 bits per heavy atom. The molecule has 7 nitrogen and oxygen atoms in total. The number of sulfonamides is 1. The Balaban J connectivity index is 1.72. The van der Waals surface area contributed by atoms with Crippen molar-refractivity contribution in [2.45, 2.75) is 18.1 Å². The van der Waals surface area contributed by atoms with Gasteiger partial charge in [-0.1, -0.05) is 6.07 Å². The lowest BCUT2D eigenvalue weighted by molar-refractivity contribution is 0.482. The molecule has 0 saturated carbocycles. The molecule has 0 unspecified atom stereocenters. The van der Waals surface area contributed by atoms with Gasteiger partial charge in [-0.05, 0) is 37.4 Å². The molecule has 0 saturated heterocycles. The second-order valence-corrected chi connectivity index (χ2v) is 9.25. The van der Waals surface area contributed by atoms with E-state index in [1.165, 1.54) is 15.6 Å². The Morgan fingerprint density at radius 3 is 2.67 bits per heavy atom. The quantitative estimate of drug-likeness (QED) is 0.652. The van der Waals surface area contributed by atoms with Gasteiger partial charge in [-0.3, -0.25) is 4.98 Å². The number of aryl methyl sites for hydroxylation is 1. The van der Waals surface area contributed by atoms with E-state index in [-0.39, 0.29) is 0 Å². The molecule has 3 heterocycles. The van der Waals surface area contributed by atoms with Crippen molar-refractivity contribution in [2.75, 3.05) is 25.5 Å². The molecule has 1 N–H and O–H groups in total. The molecule has 3 aromatic rings. The van der Waals surface area contributed by atoms with Gasteiger partial charge in [0.25, 0.3) is 10.0 Å². The molecule has 0 amide bonds. The van der Waals surface area contributed by atoms with Gasteiger partial charge in [-0.2, -0.15) is 4.31 Å². The Bertz CT molecular complexity index is 1010. The molecule has 9 heteroatoms. The molecular weight excluding hydrogens is 382 g/mol. The van der Waals surface area contributed by atoms with E-state index in [1.807, 2.05) is 26.0 Å². The fourth-order valence-electron chi connectivity index (χ4n) is 2.44. The number of rotatable bonds is 7. The van der Waals surface area contributed by atoms with E-state index < -0.39 is 10.0 Å². The summed E-state index contributed by atoms with van der Waals surface area (Å²) < 4.78 is 26.6. The van der Waals surface area contributed by atoms with Crippen molar-refractivity contribution in [2.24, 2.45) is 0 Å². The smallest absolute Gasteiger partial charge is 0.252 e. The number of hydrogen-bond donors (Lipinski definition) is 1. The summed E-state index contributed by atoms with van der Waals surface area (Å²) in [5.41, 5.74) is 2.64. The number of anilines is 1. The molecule has 0 aromatic carbocycles.